The van der Waals surface area contributed by atoms with Gasteiger partial charge in [-0.2, -0.15) is 0 Å². The van der Waals surface area contributed by atoms with Gasteiger partial charge in [0.05, 0.1) is 6.54 Å². The number of halogens is 1. The lowest BCUT2D eigenvalue weighted by molar-refractivity contribution is -0.122. The fraction of sp³-hybridized carbons (Fsp3) is 0.375. The van der Waals surface area contributed by atoms with Crippen LogP contribution in [0.25, 0.3) is 0 Å². The third kappa shape index (κ3) is 5.35. The molecule has 1 unspecified atom stereocenters. The summed E-state index contributed by atoms with van der Waals surface area (Å²) >= 11 is 6.06. The molecule has 0 spiro atoms. The molecule has 0 aliphatic carbocycles. The van der Waals surface area contributed by atoms with Crippen molar-refractivity contribution in [3.63, 3.8) is 0 Å². The summed E-state index contributed by atoms with van der Waals surface area (Å²) in [6.45, 7) is 6.23. The Morgan fingerprint density at radius 2 is 2.30 bits per heavy atom. The molecule has 1 heterocycles. The van der Waals surface area contributed by atoms with Crippen LogP contribution in [0.1, 0.15) is 11.6 Å². The summed E-state index contributed by atoms with van der Waals surface area (Å²) in [5.41, 5.74) is 1.05. The number of carbonyl (C=O) groups excluding carboxylic acids is 2. The second-order valence-corrected chi connectivity index (χ2v) is 5.73. The van der Waals surface area contributed by atoms with Crippen LogP contribution in [0.4, 0.5) is 4.79 Å². The van der Waals surface area contributed by atoms with Gasteiger partial charge in [0.25, 0.3) is 0 Å². The normalized spacial score (nSPS) is 18.2. The Morgan fingerprint density at radius 3 is 3.04 bits per heavy atom. The van der Waals surface area contributed by atoms with Gasteiger partial charge in [-0.3, -0.25) is 15.0 Å². The molecule has 3 amide bonds. The highest BCUT2D eigenvalue weighted by Crippen LogP contribution is 2.24. The highest BCUT2D eigenvalue weighted by Gasteiger charge is 2.26. The maximum absolute atomic E-state index is 12.0. The maximum atomic E-state index is 12.0. The highest BCUT2D eigenvalue weighted by atomic mass is 35.5. The lowest BCUT2D eigenvalue weighted by atomic mass is 10.0. The molecular formula is C16H21ClN4O2. The Bertz CT molecular complexity index is 579. The van der Waals surface area contributed by atoms with Crippen molar-refractivity contribution in [3.05, 3.63) is 47.5 Å². The first-order valence-electron chi connectivity index (χ1n) is 7.49. The Kier molecular flexibility index (Phi) is 6.58. The van der Waals surface area contributed by atoms with Crippen molar-refractivity contribution in [2.75, 3.05) is 32.7 Å². The van der Waals surface area contributed by atoms with E-state index >= 15 is 0 Å². The van der Waals surface area contributed by atoms with Crippen molar-refractivity contribution >= 4 is 23.5 Å². The molecule has 1 fully saturated rings. The largest absolute Gasteiger partial charge is 0.334 e. The van der Waals surface area contributed by atoms with E-state index in [2.05, 4.69) is 22.5 Å². The van der Waals surface area contributed by atoms with E-state index in [0.717, 1.165) is 25.2 Å². The van der Waals surface area contributed by atoms with E-state index in [4.69, 9.17) is 11.6 Å². The summed E-state index contributed by atoms with van der Waals surface area (Å²) in [6, 6.07) is 7.15. The first-order chi connectivity index (χ1) is 11.1. The summed E-state index contributed by atoms with van der Waals surface area (Å²) in [5, 5.41) is 8.82. The minimum absolute atomic E-state index is 0.0458. The number of nitrogens with one attached hydrogen (secondary N) is 3. The van der Waals surface area contributed by atoms with Crippen LogP contribution in [-0.2, 0) is 4.79 Å². The monoisotopic (exact) mass is 336 g/mol. The van der Waals surface area contributed by atoms with Gasteiger partial charge in [0.15, 0.2) is 0 Å². The number of piperazine rings is 1. The van der Waals surface area contributed by atoms with Crippen LogP contribution in [0.3, 0.4) is 0 Å². The van der Waals surface area contributed by atoms with Crippen molar-refractivity contribution in [1.82, 2.24) is 20.9 Å². The zero-order valence-electron chi connectivity index (χ0n) is 12.8. The van der Waals surface area contributed by atoms with Crippen LogP contribution in [-0.4, -0.2) is 49.6 Å². The topological polar surface area (TPSA) is 73.5 Å². The van der Waals surface area contributed by atoms with E-state index < -0.39 is 6.03 Å². The minimum atomic E-state index is -0.510. The number of urea groups is 1. The quantitative estimate of drug-likeness (QED) is 0.709. The third-order valence-electron chi connectivity index (χ3n) is 3.59. The predicted molar refractivity (Wildman–Crippen MR) is 90.4 cm³/mol. The Hall–Kier alpha value is -1.89. The van der Waals surface area contributed by atoms with Crippen LogP contribution in [0, 0.1) is 0 Å². The molecule has 23 heavy (non-hydrogen) atoms. The third-order valence-corrected chi connectivity index (χ3v) is 3.83. The number of imide groups is 1. The molecule has 1 aromatic rings. The van der Waals surface area contributed by atoms with Crippen molar-refractivity contribution in [2.45, 2.75) is 6.04 Å². The number of carbonyl (C=O) groups is 2. The summed E-state index contributed by atoms with van der Waals surface area (Å²) in [5.74, 6) is -0.333. The molecule has 1 aromatic carbocycles. The molecule has 124 valence electrons. The first kappa shape index (κ1) is 17.5. The minimum Gasteiger partial charge on any atom is -0.334 e. The molecule has 1 atom stereocenters. The van der Waals surface area contributed by atoms with Gasteiger partial charge in [-0.15, -0.1) is 6.58 Å². The van der Waals surface area contributed by atoms with E-state index in [1.807, 2.05) is 29.2 Å². The van der Waals surface area contributed by atoms with Crippen molar-refractivity contribution in [1.29, 1.82) is 0 Å². The highest BCUT2D eigenvalue weighted by molar-refractivity contribution is 6.30. The summed E-state index contributed by atoms with van der Waals surface area (Å²) in [7, 11) is 0. The molecule has 0 radical (unpaired) electrons. The number of hydrogen-bond donors (Lipinski definition) is 3. The van der Waals surface area contributed by atoms with Gasteiger partial charge in [0.1, 0.15) is 0 Å². The number of nitrogens with zero attached hydrogens (tertiary/aromatic N) is 1. The Morgan fingerprint density at radius 1 is 1.48 bits per heavy atom. The summed E-state index contributed by atoms with van der Waals surface area (Å²) in [4.78, 5) is 25.6. The van der Waals surface area contributed by atoms with E-state index in [-0.39, 0.29) is 18.5 Å². The van der Waals surface area contributed by atoms with Gasteiger partial charge in [-0.05, 0) is 17.7 Å². The van der Waals surface area contributed by atoms with E-state index in [1.165, 1.54) is 0 Å². The SMILES string of the molecule is C=CCNC(=O)NC(=O)CN1CCNCC1c1cccc(Cl)c1. The maximum Gasteiger partial charge on any atom is 0.321 e. The van der Waals surface area contributed by atoms with Crippen LogP contribution < -0.4 is 16.0 Å². The molecule has 3 N–H and O–H groups in total. The fourth-order valence-corrected chi connectivity index (χ4v) is 2.74. The second-order valence-electron chi connectivity index (χ2n) is 5.29. The van der Waals surface area contributed by atoms with Gasteiger partial charge < -0.3 is 10.6 Å². The number of hydrogen-bond acceptors (Lipinski definition) is 4. The summed E-state index contributed by atoms with van der Waals surface area (Å²) in [6.07, 6.45) is 1.55. The molecule has 1 aliphatic heterocycles. The molecule has 0 aromatic heterocycles. The predicted octanol–water partition coefficient (Wildman–Crippen LogP) is 1.30. The van der Waals surface area contributed by atoms with Crippen molar-refractivity contribution in [3.8, 4) is 0 Å². The zero-order chi connectivity index (χ0) is 16.7. The van der Waals surface area contributed by atoms with E-state index in [9.17, 15) is 9.59 Å². The number of amides is 3. The molecule has 6 nitrogen and oxygen atoms in total. The number of benzene rings is 1. The van der Waals surface area contributed by atoms with Gasteiger partial charge in [0, 0.05) is 37.2 Å². The smallest absolute Gasteiger partial charge is 0.321 e. The van der Waals surface area contributed by atoms with Crippen LogP contribution in [0.2, 0.25) is 5.02 Å². The van der Waals surface area contributed by atoms with Gasteiger partial charge >= 0.3 is 6.03 Å². The second kappa shape index (κ2) is 8.67. The van der Waals surface area contributed by atoms with Crippen LogP contribution >= 0.6 is 11.6 Å². The van der Waals surface area contributed by atoms with Gasteiger partial charge in [0.2, 0.25) is 5.91 Å². The lowest BCUT2D eigenvalue weighted by Gasteiger charge is -2.36. The van der Waals surface area contributed by atoms with Crippen molar-refractivity contribution in [2.24, 2.45) is 0 Å². The zero-order valence-corrected chi connectivity index (χ0v) is 13.6. The molecule has 2 rings (SSSR count). The average molecular weight is 337 g/mol. The lowest BCUT2D eigenvalue weighted by Crippen LogP contribution is -2.51. The standard InChI is InChI=1S/C16H21ClN4O2/c1-2-6-19-16(23)20-15(22)11-21-8-7-18-10-14(21)12-4-3-5-13(17)9-12/h2-5,9,14,18H,1,6-8,10-11H2,(H2,19,20,22,23). The van der Waals surface area contributed by atoms with Gasteiger partial charge in [-0.1, -0.05) is 29.8 Å². The first-order valence-corrected chi connectivity index (χ1v) is 7.86. The molecule has 0 bridgehead atoms. The van der Waals surface area contributed by atoms with Crippen LogP contribution in [0.5, 0.6) is 0 Å². The molecular weight excluding hydrogens is 316 g/mol. The van der Waals surface area contributed by atoms with Crippen LogP contribution in [0.15, 0.2) is 36.9 Å². The average Bonchev–Trinajstić information content (AvgIpc) is 2.53. The van der Waals surface area contributed by atoms with E-state index in [0.29, 0.717) is 11.6 Å². The Balaban J connectivity index is 1.97. The molecule has 1 saturated heterocycles. The van der Waals surface area contributed by atoms with Crippen molar-refractivity contribution < 1.29 is 9.59 Å². The molecule has 1 aliphatic rings. The molecule has 7 heteroatoms. The summed E-state index contributed by atoms with van der Waals surface area (Å²) < 4.78 is 0. The van der Waals surface area contributed by atoms with Gasteiger partial charge in [-0.25, -0.2) is 4.79 Å². The van der Waals surface area contributed by atoms with E-state index in [1.54, 1.807) is 6.08 Å². The Labute approximate surface area is 140 Å². The molecule has 0 saturated carbocycles. The fourth-order valence-electron chi connectivity index (χ4n) is 2.54. The number of rotatable bonds is 5.